The molecule has 0 amide bonds. The van der Waals surface area contributed by atoms with Gasteiger partial charge in [-0.2, -0.15) is 0 Å². The van der Waals surface area contributed by atoms with Gasteiger partial charge < -0.3 is 14.9 Å². The topological polar surface area (TPSA) is 52.9 Å². The standard InChI is InChI=1S/C21H27NO3/c1-25-20-10-6-5-9-18(20)16-22-13-11-21(24,12-14-22)15-19(23)17-7-3-2-4-8-17/h2-10,19,23-24H,11-16H2,1H3. The Morgan fingerprint density at radius 2 is 1.68 bits per heavy atom. The fraction of sp³-hybridized carbons (Fsp3) is 0.429. The number of ether oxygens (including phenoxy) is 1. The van der Waals surface area contributed by atoms with E-state index in [0.29, 0.717) is 19.3 Å². The zero-order chi connectivity index (χ0) is 17.7. The Bertz CT molecular complexity index is 666. The van der Waals surface area contributed by atoms with Crippen molar-refractivity contribution in [3.8, 4) is 5.75 Å². The summed E-state index contributed by atoms with van der Waals surface area (Å²) in [6.45, 7) is 2.45. The van der Waals surface area contributed by atoms with Crippen molar-refractivity contribution in [3.63, 3.8) is 0 Å². The maximum atomic E-state index is 10.9. The molecule has 4 nitrogen and oxygen atoms in total. The summed E-state index contributed by atoms with van der Waals surface area (Å²) >= 11 is 0. The van der Waals surface area contributed by atoms with E-state index in [4.69, 9.17) is 4.74 Å². The van der Waals surface area contributed by atoms with Crippen LogP contribution in [0, 0.1) is 0 Å². The summed E-state index contributed by atoms with van der Waals surface area (Å²) in [5, 5.41) is 21.3. The molecule has 1 fully saturated rings. The highest BCUT2D eigenvalue weighted by Crippen LogP contribution is 2.33. The van der Waals surface area contributed by atoms with Crippen molar-refractivity contribution in [2.75, 3.05) is 20.2 Å². The van der Waals surface area contributed by atoms with Crippen LogP contribution in [0.2, 0.25) is 0 Å². The molecule has 0 aromatic heterocycles. The highest BCUT2D eigenvalue weighted by atomic mass is 16.5. The molecule has 4 heteroatoms. The van der Waals surface area contributed by atoms with Crippen LogP contribution in [0.3, 0.4) is 0 Å². The van der Waals surface area contributed by atoms with Crippen LogP contribution in [0.5, 0.6) is 5.75 Å². The number of hydrogen-bond donors (Lipinski definition) is 2. The third-order valence-corrected chi connectivity index (χ3v) is 5.13. The van der Waals surface area contributed by atoms with E-state index in [1.54, 1.807) is 7.11 Å². The predicted octanol–water partition coefficient (Wildman–Crippen LogP) is 3.15. The van der Waals surface area contributed by atoms with E-state index < -0.39 is 11.7 Å². The zero-order valence-electron chi connectivity index (χ0n) is 14.8. The molecule has 1 aliphatic rings. The van der Waals surface area contributed by atoms with Crippen molar-refractivity contribution in [1.29, 1.82) is 0 Å². The number of benzene rings is 2. The van der Waals surface area contributed by atoms with Crippen molar-refractivity contribution in [2.24, 2.45) is 0 Å². The Labute approximate surface area is 149 Å². The fourth-order valence-electron chi connectivity index (χ4n) is 3.56. The molecule has 1 aliphatic heterocycles. The van der Waals surface area contributed by atoms with E-state index in [1.165, 1.54) is 5.56 Å². The van der Waals surface area contributed by atoms with E-state index in [-0.39, 0.29) is 0 Å². The Hall–Kier alpha value is -1.88. The zero-order valence-corrected chi connectivity index (χ0v) is 14.8. The molecule has 2 aromatic rings. The first-order chi connectivity index (χ1) is 12.1. The molecule has 0 radical (unpaired) electrons. The second-order valence-corrected chi connectivity index (χ2v) is 6.94. The van der Waals surface area contributed by atoms with Gasteiger partial charge in [0.15, 0.2) is 0 Å². The maximum absolute atomic E-state index is 10.9. The second kappa shape index (κ2) is 8.00. The van der Waals surface area contributed by atoms with Gasteiger partial charge in [-0.1, -0.05) is 48.5 Å². The number of nitrogens with zero attached hydrogens (tertiary/aromatic N) is 1. The lowest BCUT2D eigenvalue weighted by atomic mass is 9.84. The fourth-order valence-corrected chi connectivity index (χ4v) is 3.56. The minimum absolute atomic E-state index is 0.388. The van der Waals surface area contributed by atoms with Crippen LogP contribution >= 0.6 is 0 Å². The van der Waals surface area contributed by atoms with Crippen molar-refractivity contribution < 1.29 is 14.9 Å². The molecule has 3 rings (SSSR count). The number of methoxy groups -OCH3 is 1. The molecule has 1 saturated heterocycles. The smallest absolute Gasteiger partial charge is 0.123 e. The van der Waals surface area contributed by atoms with Gasteiger partial charge in [-0.05, 0) is 24.5 Å². The van der Waals surface area contributed by atoms with Crippen LogP contribution in [0.15, 0.2) is 54.6 Å². The third kappa shape index (κ3) is 4.60. The first kappa shape index (κ1) is 17.9. The van der Waals surface area contributed by atoms with E-state index in [0.717, 1.165) is 30.9 Å². The molecule has 0 bridgehead atoms. The van der Waals surface area contributed by atoms with Crippen LogP contribution in [-0.4, -0.2) is 40.9 Å². The monoisotopic (exact) mass is 341 g/mol. The molecule has 0 aliphatic carbocycles. The SMILES string of the molecule is COc1ccccc1CN1CCC(O)(CC(O)c2ccccc2)CC1. The highest BCUT2D eigenvalue weighted by molar-refractivity contribution is 5.33. The molecule has 134 valence electrons. The summed E-state index contributed by atoms with van der Waals surface area (Å²) < 4.78 is 5.42. The third-order valence-electron chi connectivity index (χ3n) is 5.13. The minimum atomic E-state index is -0.799. The number of piperidine rings is 1. The van der Waals surface area contributed by atoms with Crippen molar-refractivity contribution in [1.82, 2.24) is 4.90 Å². The Kier molecular flexibility index (Phi) is 5.74. The van der Waals surface area contributed by atoms with Crippen LogP contribution in [-0.2, 0) is 6.54 Å². The maximum Gasteiger partial charge on any atom is 0.123 e. The summed E-state index contributed by atoms with van der Waals surface area (Å²) in [4.78, 5) is 2.33. The quantitative estimate of drug-likeness (QED) is 0.847. The van der Waals surface area contributed by atoms with Crippen molar-refractivity contribution in [2.45, 2.75) is 37.5 Å². The average molecular weight is 341 g/mol. The number of aliphatic hydroxyl groups is 2. The molecule has 1 unspecified atom stereocenters. The van der Waals surface area contributed by atoms with E-state index in [1.807, 2.05) is 48.5 Å². The Morgan fingerprint density at radius 1 is 1.04 bits per heavy atom. The summed E-state index contributed by atoms with van der Waals surface area (Å²) in [5.41, 5.74) is 1.24. The van der Waals surface area contributed by atoms with Gasteiger partial charge in [-0.3, -0.25) is 4.90 Å². The van der Waals surface area contributed by atoms with Gasteiger partial charge in [-0.15, -0.1) is 0 Å². The van der Waals surface area contributed by atoms with Gasteiger partial charge in [0.05, 0.1) is 18.8 Å². The van der Waals surface area contributed by atoms with Crippen LogP contribution < -0.4 is 4.74 Å². The van der Waals surface area contributed by atoms with Gasteiger partial charge in [0.1, 0.15) is 5.75 Å². The molecule has 25 heavy (non-hydrogen) atoms. The second-order valence-electron chi connectivity index (χ2n) is 6.94. The number of rotatable bonds is 6. The van der Waals surface area contributed by atoms with Crippen LogP contribution in [0.4, 0.5) is 0 Å². The molecule has 0 spiro atoms. The molecular formula is C21H27NO3. The van der Waals surface area contributed by atoms with Crippen LogP contribution in [0.1, 0.15) is 36.5 Å². The Balaban J connectivity index is 1.55. The lowest BCUT2D eigenvalue weighted by molar-refractivity contribution is -0.0567. The largest absolute Gasteiger partial charge is 0.496 e. The molecule has 1 atom stereocenters. The Morgan fingerprint density at radius 3 is 2.36 bits per heavy atom. The van der Waals surface area contributed by atoms with Gasteiger partial charge in [0.25, 0.3) is 0 Å². The first-order valence-corrected chi connectivity index (χ1v) is 8.89. The van der Waals surface area contributed by atoms with Gasteiger partial charge >= 0.3 is 0 Å². The summed E-state index contributed by atoms with van der Waals surface area (Å²) in [6.07, 6.45) is 1.12. The summed E-state index contributed by atoms with van der Waals surface area (Å²) in [7, 11) is 1.69. The number of likely N-dealkylation sites (tertiary alicyclic amines) is 1. The highest BCUT2D eigenvalue weighted by Gasteiger charge is 2.34. The average Bonchev–Trinajstić information content (AvgIpc) is 2.65. The molecular weight excluding hydrogens is 314 g/mol. The molecule has 2 aromatic carbocycles. The summed E-state index contributed by atoms with van der Waals surface area (Å²) in [5.74, 6) is 0.905. The van der Waals surface area contributed by atoms with Gasteiger partial charge in [-0.25, -0.2) is 0 Å². The van der Waals surface area contributed by atoms with Gasteiger partial charge in [0, 0.05) is 31.6 Å². The number of aliphatic hydroxyl groups excluding tert-OH is 1. The first-order valence-electron chi connectivity index (χ1n) is 8.89. The van der Waals surface area contributed by atoms with Crippen LogP contribution in [0.25, 0.3) is 0 Å². The van der Waals surface area contributed by atoms with E-state index in [9.17, 15) is 10.2 Å². The lowest BCUT2D eigenvalue weighted by Crippen LogP contribution is -2.44. The number of para-hydroxylation sites is 1. The molecule has 0 saturated carbocycles. The van der Waals surface area contributed by atoms with E-state index >= 15 is 0 Å². The lowest BCUT2D eigenvalue weighted by Gasteiger charge is -2.39. The van der Waals surface area contributed by atoms with E-state index in [2.05, 4.69) is 11.0 Å². The normalized spacial score (nSPS) is 18.7. The predicted molar refractivity (Wildman–Crippen MR) is 98.5 cm³/mol. The molecule has 1 heterocycles. The summed E-state index contributed by atoms with van der Waals surface area (Å²) in [6, 6.07) is 17.6. The number of hydrogen-bond acceptors (Lipinski definition) is 4. The molecule has 2 N–H and O–H groups in total. The minimum Gasteiger partial charge on any atom is -0.496 e. The van der Waals surface area contributed by atoms with Crippen molar-refractivity contribution in [3.05, 3.63) is 65.7 Å². The van der Waals surface area contributed by atoms with Crippen molar-refractivity contribution >= 4 is 0 Å². The van der Waals surface area contributed by atoms with Gasteiger partial charge in [0.2, 0.25) is 0 Å².